The Balaban J connectivity index is 1.30. The molecule has 3 heterocycles. The van der Waals surface area contributed by atoms with Gasteiger partial charge in [-0.1, -0.05) is 36.4 Å². The first-order chi connectivity index (χ1) is 15.5. The molecule has 2 N–H and O–H groups in total. The summed E-state index contributed by atoms with van der Waals surface area (Å²) in [6, 6.07) is 17.5. The number of aromatic nitrogens is 4. The molecule has 4 aromatic rings. The summed E-state index contributed by atoms with van der Waals surface area (Å²) in [5, 5.41) is 10.7. The summed E-state index contributed by atoms with van der Waals surface area (Å²) in [6.45, 7) is 4.33. The Morgan fingerprint density at radius 1 is 1.06 bits per heavy atom. The van der Waals surface area contributed by atoms with E-state index in [4.69, 9.17) is 0 Å². The van der Waals surface area contributed by atoms with Crippen LogP contribution in [0, 0.1) is 19.8 Å². The zero-order chi connectivity index (χ0) is 22.2. The lowest BCUT2D eigenvalue weighted by Gasteiger charge is -2.20. The number of nitrogens with zero attached hydrogens (tertiary/aromatic N) is 4. The number of fused-ring (bicyclic) bond motifs is 1. The zero-order valence-electron chi connectivity index (χ0n) is 17.8. The van der Waals surface area contributed by atoms with Gasteiger partial charge in [-0.25, -0.2) is 4.98 Å². The van der Waals surface area contributed by atoms with Gasteiger partial charge in [-0.3, -0.25) is 20.0 Å². The molecule has 1 aliphatic rings. The second kappa shape index (κ2) is 7.88. The van der Waals surface area contributed by atoms with Gasteiger partial charge >= 0.3 is 0 Å². The minimum atomic E-state index is -0.469. The number of benzene rings is 2. The Hall–Kier alpha value is -4.07. The van der Waals surface area contributed by atoms with Gasteiger partial charge in [0.05, 0.1) is 11.4 Å². The molecule has 2 amide bonds. The van der Waals surface area contributed by atoms with E-state index in [1.54, 1.807) is 4.90 Å². The predicted molar refractivity (Wildman–Crippen MR) is 122 cm³/mol. The zero-order valence-corrected chi connectivity index (χ0v) is 17.8. The van der Waals surface area contributed by atoms with Crippen molar-refractivity contribution in [3.63, 3.8) is 0 Å². The van der Waals surface area contributed by atoms with E-state index < -0.39 is 5.92 Å². The summed E-state index contributed by atoms with van der Waals surface area (Å²) in [6.07, 6.45) is 0.155. The van der Waals surface area contributed by atoms with Crippen molar-refractivity contribution in [1.82, 2.24) is 20.2 Å². The van der Waals surface area contributed by atoms with Gasteiger partial charge in [0, 0.05) is 24.0 Å². The molecule has 1 aliphatic heterocycles. The Bertz CT molecular complexity index is 1350. The lowest BCUT2D eigenvalue weighted by molar-refractivity contribution is -0.122. The molecule has 1 saturated heterocycles. The van der Waals surface area contributed by atoms with Crippen molar-refractivity contribution in [3.05, 3.63) is 65.7 Å². The van der Waals surface area contributed by atoms with Gasteiger partial charge < -0.3 is 4.90 Å². The van der Waals surface area contributed by atoms with Gasteiger partial charge in [-0.15, -0.1) is 5.10 Å². The van der Waals surface area contributed by atoms with E-state index in [1.807, 2.05) is 68.4 Å². The van der Waals surface area contributed by atoms with Gasteiger partial charge in [0.1, 0.15) is 5.69 Å². The van der Waals surface area contributed by atoms with E-state index in [9.17, 15) is 9.59 Å². The summed E-state index contributed by atoms with van der Waals surface area (Å²) in [5.74, 6) is -0.177. The highest BCUT2D eigenvalue weighted by atomic mass is 16.2. The van der Waals surface area contributed by atoms with Crippen LogP contribution in [-0.4, -0.2) is 38.5 Å². The maximum absolute atomic E-state index is 12.8. The molecule has 0 aliphatic carbocycles. The van der Waals surface area contributed by atoms with E-state index in [0.717, 1.165) is 27.7 Å². The van der Waals surface area contributed by atoms with Crippen molar-refractivity contribution in [2.24, 2.45) is 5.92 Å². The number of rotatable bonds is 4. The van der Waals surface area contributed by atoms with Crippen molar-refractivity contribution in [3.8, 4) is 11.5 Å². The average Bonchev–Trinajstić information content (AvgIpc) is 3.42. The third-order valence-electron chi connectivity index (χ3n) is 5.92. The highest BCUT2D eigenvalue weighted by Gasteiger charge is 2.36. The molecule has 1 fully saturated rings. The second-order valence-electron chi connectivity index (χ2n) is 8.01. The number of para-hydroxylation sites is 1. The Kier molecular flexibility index (Phi) is 4.89. The van der Waals surface area contributed by atoms with Gasteiger partial charge in [0.15, 0.2) is 5.82 Å². The molecule has 5 rings (SSSR count). The SMILES string of the molecule is Cc1cccc(N2CC(C(=O)Nc3n[nH]c(-c4ccc5ccccc5n4)n3)CC2=O)c1C. The minimum Gasteiger partial charge on any atom is -0.311 e. The molecular weight excluding hydrogens is 404 g/mol. The first-order valence-electron chi connectivity index (χ1n) is 10.5. The van der Waals surface area contributed by atoms with E-state index >= 15 is 0 Å². The number of aromatic amines is 1. The molecule has 32 heavy (non-hydrogen) atoms. The molecule has 0 radical (unpaired) electrons. The molecule has 1 unspecified atom stereocenters. The number of aryl methyl sites for hydroxylation is 1. The number of carbonyl (C=O) groups excluding carboxylic acids is 2. The van der Waals surface area contributed by atoms with Crippen LogP contribution in [0.2, 0.25) is 0 Å². The van der Waals surface area contributed by atoms with Gasteiger partial charge in [-0.05, 0) is 43.2 Å². The topological polar surface area (TPSA) is 104 Å². The van der Waals surface area contributed by atoms with Crippen LogP contribution in [0.4, 0.5) is 11.6 Å². The van der Waals surface area contributed by atoms with Gasteiger partial charge in [-0.2, -0.15) is 4.98 Å². The third kappa shape index (κ3) is 3.60. The number of anilines is 2. The number of amides is 2. The van der Waals surface area contributed by atoms with Crippen molar-refractivity contribution in [2.75, 3.05) is 16.8 Å². The maximum atomic E-state index is 12.8. The van der Waals surface area contributed by atoms with E-state index in [0.29, 0.717) is 18.1 Å². The smallest absolute Gasteiger partial charge is 0.249 e. The fraction of sp³-hybridized carbons (Fsp3) is 0.208. The second-order valence-corrected chi connectivity index (χ2v) is 8.01. The summed E-state index contributed by atoms with van der Waals surface area (Å²) < 4.78 is 0. The van der Waals surface area contributed by atoms with Crippen LogP contribution in [0.25, 0.3) is 22.4 Å². The third-order valence-corrected chi connectivity index (χ3v) is 5.92. The number of hydrogen-bond acceptors (Lipinski definition) is 5. The maximum Gasteiger partial charge on any atom is 0.249 e. The predicted octanol–water partition coefficient (Wildman–Crippen LogP) is 3.63. The Morgan fingerprint density at radius 3 is 2.78 bits per heavy atom. The number of hydrogen-bond donors (Lipinski definition) is 2. The first kappa shape index (κ1) is 19.9. The van der Waals surface area contributed by atoms with Crippen molar-refractivity contribution in [1.29, 1.82) is 0 Å². The summed E-state index contributed by atoms with van der Waals surface area (Å²) >= 11 is 0. The number of nitrogens with one attached hydrogen (secondary N) is 2. The fourth-order valence-corrected chi connectivity index (χ4v) is 3.99. The Morgan fingerprint density at radius 2 is 1.91 bits per heavy atom. The minimum absolute atomic E-state index is 0.0603. The fourth-order valence-electron chi connectivity index (χ4n) is 3.99. The number of carbonyl (C=O) groups is 2. The summed E-state index contributed by atoms with van der Waals surface area (Å²) in [5.41, 5.74) is 4.49. The molecular formula is C24H22N6O2. The highest BCUT2D eigenvalue weighted by molar-refractivity contribution is 6.03. The molecule has 8 nitrogen and oxygen atoms in total. The molecule has 1 atom stereocenters. The van der Waals surface area contributed by atoms with Crippen LogP contribution in [0.3, 0.4) is 0 Å². The molecule has 2 aromatic heterocycles. The normalized spacial score (nSPS) is 16.0. The Labute approximate surface area is 184 Å². The van der Waals surface area contributed by atoms with Gasteiger partial charge in [0.25, 0.3) is 0 Å². The highest BCUT2D eigenvalue weighted by Crippen LogP contribution is 2.30. The van der Waals surface area contributed by atoms with E-state index in [-0.39, 0.29) is 24.2 Å². The van der Waals surface area contributed by atoms with Gasteiger partial charge in [0.2, 0.25) is 17.8 Å². The van der Waals surface area contributed by atoms with E-state index in [2.05, 4.69) is 25.5 Å². The standard InChI is InChI=1S/C24H22N6O2/c1-14-6-5-9-20(15(14)2)30-13-17(12-21(30)31)23(32)27-24-26-22(28-29-24)19-11-10-16-7-3-4-8-18(16)25-19/h3-11,17H,12-13H2,1-2H3,(H2,26,27,28,29,32). The molecule has 8 heteroatoms. The summed E-state index contributed by atoms with van der Waals surface area (Å²) in [7, 11) is 0. The molecule has 2 aromatic carbocycles. The van der Waals surface area contributed by atoms with Crippen LogP contribution in [0.15, 0.2) is 54.6 Å². The largest absolute Gasteiger partial charge is 0.311 e. The first-order valence-corrected chi connectivity index (χ1v) is 10.5. The monoisotopic (exact) mass is 426 g/mol. The van der Waals surface area contributed by atoms with Crippen molar-refractivity contribution >= 4 is 34.4 Å². The van der Waals surface area contributed by atoms with E-state index in [1.165, 1.54) is 0 Å². The number of pyridine rings is 1. The van der Waals surface area contributed by atoms with Crippen molar-refractivity contribution < 1.29 is 9.59 Å². The van der Waals surface area contributed by atoms with Crippen LogP contribution >= 0.6 is 0 Å². The van der Waals surface area contributed by atoms with Crippen LogP contribution in [0.1, 0.15) is 17.5 Å². The molecule has 0 bridgehead atoms. The average molecular weight is 426 g/mol. The number of H-pyrrole nitrogens is 1. The lowest BCUT2D eigenvalue weighted by Crippen LogP contribution is -2.29. The molecule has 0 saturated carbocycles. The van der Waals surface area contributed by atoms with Crippen LogP contribution in [-0.2, 0) is 9.59 Å². The van der Waals surface area contributed by atoms with Crippen LogP contribution in [0.5, 0.6) is 0 Å². The lowest BCUT2D eigenvalue weighted by atomic mass is 10.1. The van der Waals surface area contributed by atoms with Crippen molar-refractivity contribution in [2.45, 2.75) is 20.3 Å². The van der Waals surface area contributed by atoms with Crippen LogP contribution < -0.4 is 10.2 Å². The molecule has 0 spiro atoms. The molecule has 160 valence electrons. The quantitative estimate of drug-likeness (QED) is 0.519. The summed E-state index contributed by atoms with van der Waals surface area (Å²) in [4.78, 5) is 36.0.